The van der Waals surface area contributed by atoms with Crippen LogP contribution in [-0.4, -0.2) is 76.3 Å². The lowest BCUT2D eigenvalue weighted by molar-refractivity contribution is 0.120. The molecule has 0 unspecified atom stereocenters. The largest absolute Gasteiger partial charge is 0.441 e. The molecule has 6 aromatic rings. The predicted octanol–water partition coefficient (Wildman–Crippen LogP) is 6.20. The van der Waals surface area contributed by atoms with Crippen LogP contribution in [0.15, 0.2) is 73.3 Å². The Kier molecular flexibility index (Phi) is 13.2. The Bertz CT molecular complexity index is 2530. The van der Waals surface area contributed by atoms with Crippen LogP contribution in [0.1, 0.15) is 50.0 Å². The van der Waals surface area contributed by atoms with Crippen molar-refractivity contribution in [3.8, 4) is 22.8 Å². The average Bonchev–Trinajstić information content (AvgIpc) is 3.83. The van der Waals surface area contributed by atoms with Gasteiger partial charge in [-0.25, -0.2) is 37.3 Å². The molecule has 1 saturated carbocycles. The van der Waals surface area contributed by atoms with Gasteiger partial charge < -0.3 is 15.2 Å². The van der Waals surface area contributed by atoms with E-state index < -0.39 is 34.4 Å². The molecule has 1 fully saturated rings. The smallest absolute Gasteiger partial charge is 0.413 e. The van der Waals surface area contributed by atoms with Crippen molar-refractivity contribution in [3.63, 3.8) is 0 Å². The average molecular weight is 866 g/mol. The molecular weight excluding hydrogens is 827 g/mol. The molecule has 0 radical (unpaired) electrons. The number of carbonyl (C=O) groups excluding carboxylic acids is 2. The summed E-state index contributed by atoms with van der Waals surface area (Å²) in [5.74, 6) is 0.952. The van der Waals surface area contributed by atoms with Crippen LogP contribution >= 0.6 is 23.2 Å². The molecule has 1 aliphatic carbocycles. The van der Waals surface area contributed by atoms with Gasteiger partial charge in [-0.2, -0.15) is 0 Å². The molecule has 308 valence electrons. The van der Waals surface area contributed by atoms with E-state index in [-0.39, 0.29) is 27.8 Å². The van der Waals surface area contributed by atoms with Gasteiger partial charge in [0.15, 0.2) is 23.0 Å². The lowest BCUT2D eigenvalue weighted by Gasteiger charge is -2.15. The molecule has 6 aromatic heterocycles. The Morgan fingerprint density at radius 3 is 1.69 bits per heavy atom. The summed E-state index contributed by atoms with van der Waals surface area (Å²) in [6.45, 7) is 3.38. The first kappa shape index (κ1) is 42.2. The van der Waals surface area contributed by atoms with Crippen LogP contribution in [0, 0.1) is 5.92 Å². The van der Waals surface area contributed by atoms with Gasteiger partial charge in [-0.1, -0.05) is 45.8 Å². The summed E-state index contributed by atoms with van der Waals surface area (Å²) in [4.78, 5) is 41.2. The highest BCUT2D eigenvalue weighted by atomic mass is 35.5. The van der Waals surface area contributed by atoms with E-state index in [2.05, 4.69) is 55.9 Å². The Hall–Kier alpha value is -6.45. The number of nitrogens with two attached hydrogens (primary N) is 1. The summed E-state index contributed by atoms with van der Waals surface area (Å²) in [6, 6.07) is 13.4. The van der Waals surface area contributed by atoms with Crippen molar-refractivity contribution >= 4 is 68.4 Å². The molecule has 2 atom stereocenters. The first-order chi connectivity index (χ1) is 28.2. The van der Waals surface area contributed by atoms with Gasteiger partial charge in [0, 0.05) is 37.6 Å². The second-order valence-electron chi connectivity index (χ2n) is 13.2. The number of pyridine rings is 4. The topological polar surface area (TPSA) is 262 Å². The van der Waals surface area contributed by atoms with Crippen LogP contribution in [-0.2, 0) is 33.6 Å². The zero-order valence-corrected chi connectivity index (χ0v) is 34.3. The molecule has 7 rings (SSSR count). The lowest BCUT2D eigenvalue weighted by Crippen LogP contribution is -2.19. The molecule has 0 saturated heterocycles. The van der Waals surface area contributed by atoms with Gasteiger partial charge in [-0.3, -0.25) is 25.3 Å². The zero-order chi connectivity index (χ0) is 42.3. The van der Waals surface area contributed by atoms with Crippen molar-refractivity contribution in [2.75, 3.05) is 26.8 Å². The minimum absolute atomic E-state index is 0.109. The standard InChI is InChI=1S/C20H22ClN7O4S.C16H16ClN7O2/c1-12(15-4-3-9-22-18(15)21)32-20(29)24-19-17(25-27-28(19)2)16-8-7-14(10-23-16)26-33(30,31)11-13-5-6-13;1-9(11-4-3-7-19-14(11)17)26-16(25)21-15-13(22-23-24(15)2)12-6-5-10(18)8-20-12/h3-4,7-10,12-13,26H,5-6,11H2,1-2H3,(H,24,29);3-9H,18H2,1-2H3,(H,21,25)/t12-;9-/m11/s1. The summed E-state index contributed by atoms with van der Waals surface area (Å²) in [5, 5.41) is 21.7. The van der Waals surface area contributed by atoms with Gasteiger partial charge in [-0.05, 0) is 69.0 Å². The van der Waals surface area contributed by atoms with Gasteiger partial charge in [-0.15, -0.1) is 10.2 Å². The Balaban J connectivity index is 0.000000204. The molecule has 20 nitrogen and oxygen atoms in total. The van der Waals surface area contributed by atoms with Crippen LogP contribution in [0.4, 0.5) is 32.6 Å². The van der Waals surface area contributed by atoms with Crippen molar-refractivity contribution in [3.05, 3.63) is 94.8 Å². The third-order valence-corrected chi connectivity index (χ3v) is 10.7. The van der Waals surface area contributed by atoms with Crippen LogP contribution in [0.2, 0.25) is 10.3 Å². The maximum Gasteiger partial charge on any atom is 0.413 e. The van der Waals surface area contributed by atoms with Crippen molar-refractivity contribution < 1.29 is 27.5 Å². The van der Waals surface area contributed by atoms with E-state index in [1.54, 1.807) is 88.9 Å². The lowest BCUT2D eigenvalue weighted by atomic mass is 10.2. The predicted molar refractivity (Wildman–Crippen MR) is 219 cm³/mol. The molecule has 0 aromatic carbocycles. The maximum absolute atomic E-state index is 12.5. The van der Waals surface area contributed by atoms with E-state index in [1.807, 2.05) is 0 Å². The zero-order valence-electron chi connectivity index (χ0n) is 31.9. The quantitative estimate of drug-likeness (QED) is 0.0998. The number of ether oxygens (including phenoxy) is 2. The van der Waals surface area contributed by atoms with Crippen molar-refractivity contribution in [2.24, 2.45) is 20.0 Å². The van der Waals surface area contributed by atoms with E-state index in [0.717, 1.165) is 12.8 Å². The van der Waals surface area contributed by atoms with Crippen LogP contribution < -0.4 is 21.1 Å². The molecular formula is C36H38Cl2N14O6S. The number of hydrogen-bond donors (Lipinski definition) is 4. The SMILES string of the molecule is C[C@@H](OC(=O)Nc1c(-c2ccc(N)cn2)nnn1C)c1cccnc1Cl.C[C@@H](OC(=O)Nc1c(-c2ccc(NS(=O)(=O)CC3CC3)cn2)nnn1C)c1cccnc1Cl. The first-order valence-electron chi connectivity index (χ1n) is 17.8. The molecule has 59 heavy (non-hydrogen) atoms. The number of rotatable bonds is 12. The third-order valence-electron chi connectivity index (χ3n) is 8.57. The Labute approximate surface area is 347 Å². The van der Waals surface area contributed by atoms with E-state index in [4.69, 9.17) is 38.4 Å². The minimum Gasteiger partial charge on any atom is -0.441 e. The summed E-state index contributed by atoms with van der Waals surface area (Å²) >= 11 is 12.1. The molecule has 23 heteroatoms. The van der Waals surface area contributed by atoms with E-state index in [9.17, 15) is 18.0 Å². The summed E-state index contributed by atoms with van der Waals surface area (Å²) in [6.07, 6.45) is 5.23. The fraction of sp³-hybridized carbons (Fsp3) is 0.278. The molecule has 0 bridgehead atoms. The fourth-order valence-electron chi connectivity index (χ4n) is 5.40. The number of nitrogen functional groups attached to an aromatic ring is 1. The van der Waals surface area contributed by atoms with Gasteiger partial charge in [0.1, 0.15) is 22.5 Å². The minimum atomic E-state index is -3.42. The monoisotopic (exact) mass is 864 g/mol. The number of amides is 2. The molecule has 2 amide bonds. The number of nitrogens with zero attached hydrogens (tertiary/aromatic N) is 10. The second kappa shape index (κ2) is 18.4. The molecule has 5 N–H and O–H groups in total. The summed E-state index contributed by atoms with van der Waals surface area (Å²) in [5.41, 5.74) is 9.30. The fourth-order valence-corrected chi connectivity index (χ4v) is 7.46. The normalized spacial score (nSPS) is 13.3. The molecule has 6 heterocycles. The van der Waals surface area contributed by atoms with Gasteiger partial charge in [0.25, 0.3) is 0 Å². The number of sulfonamides is 1. The van der Waals surface area contributed by atoms with Crippen LogP contribution in [0.25, 0.3) is 22.8 Å². The third kappa shape index (κ3) is 11.1. The number of aryl methyl sites for hydroxylation is 2. The Morgan fingerprint density at radius 1 is 0.780 bits per heavy atom. The van der Waals surface area contributed by atoms with Gasteiger partial charge >= 0.3 is 12.2 Å². The number of aromatic nitrogens is 10. The van der Waals surface area contributed by atoms with Gasteiger partial charge in [0.2, 0.25) is 10.0 Å². The van der Waals surface area contributed by atoms with Crippen molar-refractivity contribution in [2.45, 2.75) is 38.9 Å². The number of nitrogens with one attached hydrogen (secondary N) is 3. The van der Waals surface area contributed by atoms with Crippen LogP contribution in [0.3, 0.4) is 0 Å². The highest BCUT2D eigenvalue weighted by molar-refractivity contribution is 7.92. The highest BCUT2D eigenvalue weighted by Gasteiger charge is 2.28. The number of carbonyl (C=O) groups is 2. The summed E-state index contributed by atoms with van der Waals surface area (Å²) < 4.78 is 40.4. The maximum atomic E-state index is 12.5. The van der Waals surface area contributed by atoms with Crippen molar-refractivity contribution in [1.29, 1.82) is 0 Å². The van der Waals surface area contributed by atoms with Crippen molar-refractivity contribution in [1.82, 2.24) is 49.9 Å². The second-order valence-corrected chi connectivity index (χ2v) is 15.7. The van der Waals surface area contributed by atoms with E-state index >= 15 is 0 Å². The number of hydrogen-bond acceptors (Lipinski definition) is 15. The summed E-state index contributed by atoms with van der Waals surface area (Å²) in [7, 11) is -0.167. The van der Waals surface area contributed by atoms with Gasteiger partial charge in [0.05, 0.1) is 40.9 Å². The Morgan fingerprint density at radius 2 is 1.27 bits per heavy atom. The highest BCUT2D eigenvalue weighted by Crippen LogP contribution is 2.32. The molecule has 0 spiro atoms. The first-order valence-corrected chi connectivity index (χ1v) is 20.2. The van der Waals surface area contributed by atoms with Crippen LogP contribution in [0.5, 0.6) is 0 Å². The number of halogens is 2. The molecule has 1 aliphatic rings. The number of anilines is 4. The van der Waals surface area contributed by atoms with E-state index in [1.165, 1.54) is 21.8 Å². The van der Waals surface area contributed by atoms with E-state index in [0.29, 0.717) is 51.1 Å². The molecule has 0 aliphatic heterocycles.